The molecule has 3 amide bonds. The topological polar surface area (TPSA) is 118 Å². The number of aromatic nitrogens is 1. The van der Waals surface area contributed by atoms with Gasteiger partial charge in [-0.15, -0.1) is 8.78 Å². The predicted molar refractivity (Wildman–Crippen MR) is 104 cm³/mol. The molecule has 2 aromatic rings. The van der Waals surface area contributed by atoms with E-state index in [4.69, 9.17) is 11.6 Å². The summed E-state index contributed by atoms with van der Waals surface area (Å²) >= 11 is 5.83. The van der Waals surface area contributed by atoms with Gasteiger partial charge in [-0.25, -0.2) is 19.5 Å². The smallest absolute Gasteiger partial charge is 0.480 e. The van der Waals surface area contributed by atoms with Crippen LogP contribution in [0.2, 0.25) is 5.15 Å². The van der Waals surface area contributed by atoms with Gasteiger partial charge in [0, 0.05) is 6.20 Å². The highest BCUT2D eigenvalue weighted by atomic mass is 35.5. The van der Waals surface area contributed by atoms with Crippen molar-refractivity contribution >= 4 is 29.5 Å². The minimum absolute atomic E-state index is 0.0771. The summed E-state index contributed by atoms with van der Waals surface area (Å²) in [5.41, 5.74) is 1.00. The van der Waals surface area contributed by atoms with Crippen LogP contribution in [-0.4, -0.2) is 45.2 Å². The van der Waals surface area contributed by atoms with E-state index in [-0.39, 0.29) is 23.1 Å². The van der Waals surface area contributed by atoms with E-state index in [0.717, 1.165) is 0 Å². The molecular formula is C20H16ClF2N3O6. The third-order valence-electron chi connectivity index (χ3n) is 5.20. The molecule has 3 heterocycles. The molecule has 3 atom stereocenters. The van der Waals surface area contributed by atoms with Crippen LogP contribution in [0.15, 0.2) is 36.5 Å². The van der Waals surface area contributed by atoms with Gasteiger partial charge in [0.2, 0.25) is 5.91 Å². The Morgan fingerprint density at radius 3 is 2.69 bits per heavy atom. The fourth-order valence-corrected chi connectivity index (χ4v) is 3.85. The molecule has 1 unspecified atom stereocenters. The number of pyridine rings is 1. The molecule has 0 bridgehead atoms. The van der Waals surface area contributed by atoms with Gasteiger partial charge in [-0.1, -0.05) is 17.7 Å². The van der Waals surface area contributed by atoms with E-state index < -0.39 is 42.2 Å². The maximum absolute atomic E-state index is 13.2. The Bertz CT molecular complexity index is 1110. The summed E-state index contributed by atoms with van der Waals surface area (Å²) in [6.07, 6.45) is -2.27. The number of carboxylic acids is 1. The third kappa shape index (κ3) is 4.03. The molecule has 2 aliphatic rings. The normalized spacial score (nSPS) is 21.6. The number of urea groups is 1. The molecule has 12 heteroatoms. The Labute approximate surface area is 184 Å². The van der Waals surface area contributed by atoms with Crippen LogP contribution >= 0.6 is 11.6 Å². The molecule has 1 aromatic carbocycles. The summed E-state index contributed by atoms with van der Waals surface area (Å²) in [6, 6.07) is 4.07. The van der Waals surface area contributed by atoms with Crippen molar-refractivity contribution in [2.24, 2.45) is 5.92 Å². The molecule has 1 saturated heterocycles. The van der Waals surface area contributed by atoms with Crippen molar-refractivity contribution in [2.45, 2.75) is 31.7 Å². The maximum Gasteiger partial charge on any atom is 0.586 e. The van der Waals surface area contributed by atoms with Crippen LogP contribution in [-0.2, 0) is 16.0 Å². The molecular weight excluding hydrogens is 452 g/mol. The van der Waals surface area contributed by atoms with E-state index in [9.17, 15) is 28.3 Å². The van der Waals surface area contributed by atoms with E-state index >= 15 is 0 Å². The molecule has 1 fully saturated rings. The van der Waals surface area contributed by atoms with E-state index in [1.54, 1.807) is 13.0 Å². The standard InChI is InChI=1S/C20H16ClF2N3O6/c1-9(11-2-3-13-14(8-11)32-20(22,23)31-13)25-19(30)26-16(18(28)29)12(17(26)27)6-10-4-5-24-15(21)7-10/h2-5,7-9,12,16H,6H2,1H3,(H,25,30)(H,28,29)/t9-,12?,16+/m1/s1. The number of amides is 3. The molecule has 2 N–H and O–H groups in total. The van der Waals surface area contributed by atoms with E-state index in [0.29, 0.717) is 16.0 Å². The zero-order chi connectivity index (χ0) is 23.2. The lowest BCUT2D eigenvalue weighted by Crippen LogP contribution is -2.68. The summed E-state index contributed by atoms with van der Waals surface area (Å²) in [6.45, 7) is 1.55. The predicted octanol–water partition coefficient (Wildman–Crippen LogP) is 2.98. The second-order valence-electron chi connectivity index (χ2n) is 7.33. The first-order chi connectivity index (χ1) is 15.1. The van der Waals surface area contributed by atoms with Crippen molar-refractivity contribution in [3.8, 4) is 11.5 Å². The Kier molecular flexibility index (Phi) is 5.37. The fraction of sp³-hybridized carbons (Fsp3) is 0.300. The highest BCUT2D eigenvalue weighted by Gasteiger charge is 2.54. The molecule has 0 radical (unpaired) electrons. The second-order valence-corrected chi connectivity index (χ2v) is 7.72. The fourth-order valence-electron chi connectivity index (χ4n) is 3.65. The van der Waals surface area contributed by atoms with E-state index in [1.165, 1.54) is 30.5 Å². The van der Waals surface area contributed by atoms with Crippen LogP contribution in [0.1, 0.15) is 24.1 Å². The molecule has 9 nitrogen and oxygen atoms in total. The molecule has 0 spiro atoms. The Morgan fingerprint density at radius 2 is 2.00 bits per heavy atom. The lowest BCUT2D eigenvalue weighted by Gasteiger charge is -2.43. The van der Waals surface area contributed by atoms with Crippen molar-refractivity contribution in [3.05, 3.63) is 52.8 Å². The van der Waals surface area contributed by atoms with Crippen LogP contribution < -0.4 is 14.8 Å². The highest BCUT2D eigenvalue weighted by molar-refractivity contribution is 6.29. The first-order valence-corrected chi connectivity index (χ1v) is 9.80. The second kappa shape index (κ2) is 7.90. The average Bonchev–Trinajstić information content (AvgIpc) is 3.02. The average molecular weight is 468 g/mol. The lowest BCUT2D eigenvalue weighted by atomic mass is 9.82. The van der Waals surface area contributed by atoms with E-state index in [2.05, 4.69) is 19.8 Å². The number of β-lactam (4-membered cyclic amide) rings is 1. The lowest BCUT2D eigenvalue weighted by molar-refractivity contribution is -0.286. The number of likely N-dealkylation sites (tertiary alicyclic amines) is 1. The van der Waals surface area contributed by atoms with Gasteiger partial charge in [-0.2, -0.15) is 0 Å². The monoisotopic (exact) mass is 467 g/mol. The highest BCUT2D eigenvalue weighted by Crippen LogP contribution is 2.42. The summed E-state index contributed by atoms with van der Waals surface area (Å²) in [5, 5.41) is 12.3. The zero-order valence-electron chi connectivity index (χ0n) is 16.4. The van der Waals surface area contributed by atoms with Gasteiger partial charge in [-0.3, -0.25) is 4.79 Å². The number of halogens is 3. The minimum Gasteiger partial charge on any atom is -0.480 e. The van der Waals surface area contributed by atoms with Crippen LogP contribution in [0.25, 0.3) is 0 Å². The van der Waals surface area contributed by atoms with Gasteiger partial charge >= 0.3 is 18.3 Å². The van der Waals surface area contributed by atoms with Crippen molar-refractivity contribution in [1.82, 2.24) is 15.2 Å². The van der Waals surface area contributed by atoms with Gasteiger partial charge in [-0.05, 0) is 48.7 Å². The first kappa shape index (κ1) is 21.8. The molecule has 0 saturated carbocycles. The number of nitrogens with one attached hydrogen (secondary N) is 1. The zero-order valence-corrected chi connectivity index (χ0v) is 17.2. The Balaban J connectivity index is 1.45. The molecule has 32 heavy (non-hydrogen) atoms. The Hall–Kier alpha value is -3.47. The number of benzene rings is 1. The number of nitrogens with zero attached hydrogens (tertiary/aromatic N) is 2. The van der Waals surface area contributed by atoms with E-state index in [1.807, 2.05) is 0 Å². The number of fused-ring (bicyclic) bond motifs is 1. The molecule has 1 aromatic heterocycles. The van der Waals surface area contributed by atoms with Crippen LogP contribution in [0.3, 0.4) is 0 Å². The quantitative estimate of drug-likeness (QED) is 0.512. The van der Waals surface area contributed by atoms with Gasteiger partial charge in [0.25, 0.3) is 0 Å². The number of aliphatic carboxylic acids is 1. The van der Waals surface area contributed by atoms with Crippen LogP contribution in [0, 0.1) is 5.92 Å². The minimum atomic E-state index is -3.78. The number of alkyl halides is 2. The molecule has 168 valence electrons. The largest absolute Gasteiger partial charge is 0.586 e. The number of carbonyl (C=O) groups excluding carboxylic acids is 2. The number of hydrogen-bond donors (Lipinski definition) is 2. The van der Waals surface area contributed by atoms with Crippen molar-refractivity contribution in [3.63, 3.8) is 0 Å². The van der Waals surface area contributed by atoms with Gasteiger partial charge < -0.3 is 19.9 Å². The van der Waals surface area contributed by atoms with Gasteiger partial charge in [0.1, 0.15) is 5.15 Å². The number of ether oxygens (including phenoxy) is 2. The number of hydrogen-bond acceptors (Lipinski definition) is 6. The number of rotatable bonds is 5. The van der Waals surface area contributed by atoms with Gasteiger partial charge in [0.15, 0.2) is 17.5 Å². The van der Waals surface area contributed by atoms with Gasteiger partial charge in [0.05, 0.1) is 12.0 Å². The third-order valence-corrected chi connectivity index (χ3v) is 5.40. The Morgan fingerprint density at radius 1 is 1.28 bits per heavy atom. The van der Waals surface area contributed by atoms with Crippen LogP contribution in [0.4, 0.5) is 13.6 Å². The number of carboxylic acid groups (broad SMARTS) is 1. The SMILES string of the molecule is C[C@@H](NC(=O)N1C(=O)C(Cc2ccnc(Cl)c2)[C@H]1C(=O)O)c1ccc2c(c1)OC(F)(F)O2. The summed E-state index contributed by atoms with van der Waals surface area (Å²) < 4.78 is 35.1. The number of imide groups is 1. The number of carbonyl (C=O) groups is 3. The van der Waals surface area contributed by atoms with Crippen molar-refractivity contribution < 1.29 is 37.7 Å². The first-order valence-electron chi connectivity index (χ1n) is 9.42. The van der Waals surface area contributed by atoms with Crippen LogP contribution in [0.5, 0.6) is 11.5 Å². The molecule has 2 aliphatic heterocycles. The summed E-state index contributed by atoms with van der Waals surface area (Å²) in [7, 11) is 0. The maximum atomic E-state index is 13.2. The van der Waals surface area contributed by atoms with Crippen molar-refractivity contribution in [2.75, 3.05) is 0 Å². The summed E-state index contributed by atoms with van der Waals surface area (Å²) in [5.74, 6) is -3.28. The molecule has 0 aliphatic carbocycles. The summed E-state index contributed by atoms with van der Waals surface area (Å²) in [4.78, 5) is 41.4. The molecule has 4 rings (SSSR count). The van der Waals surface area contributed by atoms with Crippen molar-refractivity contribution in [1.29, 1.82) is 0 Å².